The van der Waals surface area contributed by atoms with Crippen LogP contribution in [-0.2, 0) is 21.3 Å². The molecule has 8 nitrogen and oxygen atoms in total. The first kappa shape index (κ1) is 16.6. The number of aromatic nitrogens is 1. The van der Waals surface area contributed by atoms with Crippen molar-refractivity contribution in [2.24, 2.45) is 0 Å². The van der Waals surface area contributed by atoms with E-state index in [-0.39, 0.29) is 29.0 Å². The summed E-state index contributed by atoms with van der Waals surface area (Å²) in [5.41, 5.74) is 0.832. The van der Waals surface area contributed by atoms with Crippen LogP contribution >= 0.6 is 0 Å². The molecule has 9 heteroatoms. The maximum atomic E-state index is 12.4. The van der Waals surface area contributed by atoms with Crippen molar-refractivity contribution in [2.75, 3.05) is 13.2 Å². The smallest absolute Gasteiger partial charge is 0.251 e. The van der Waals surface area contributed by atoms with E-state index in [9.17, 15) is 13.2 Å². The Balaban J connectivity index is 1.69. The molecular weight excluding hydrogens is 334 g/mol. The normalized spacial score (nSPS) is 17.8. The Morgan fingerprint density at radius 1 is 1.33 bits per heavy atom. The SMILES string of the molecule is O=C(NCc1ccon1)c1cccc(S(=O)(=O)N[C@H]2CCOC2)c1. The average Bonchev–Trinajstić information content (AvgIpc) is 3.26. The summed E-state index contributed by atoms with van der Waals surface area (Å²) < 4.78 is 37.2. The van der Waals surface area contributed by atoms with Gasteiger partial charge in [-0.15, -0.1) is 0 Å². The van der Waals surface area contributed by atoms with Crippen LogP contribution in [-0.4, -0.2) is 38.7 Å². The molecule has 1 aliphatic rings. The lowest BCUT2D eigenvalue weighted by molar-refractivity contribution is 0.0950. The molecule has 1 aromatic heterocycles. The monoisotopic (exact) mass is 351 g/mol. The van der Waals surface area contributed by atoms with E-state index in [2.05, 4.69) is 19.7 Å². The molecule has 1 aliphatic heterocycles. The van der Waals surface area contributed by atoms with Gasteiger partial charge in [-0.05, 0) is 24.6 Å². The van der Waals surface area contributed by atoms with Gasteiger partial charge in [0.1, 0.15) is 12.0 Å². The molecule has 0 aliphatic carbocycles. The Hall–Kier alpha value is -2.23. The topological polar surface area (TPSA) is 111 Å². The standard InChI is InChI=1S/C15H17N3O5S/c19-15(16-9-12-5-7-23-17-12)11-2-1-3-14(8-11)24(20,21)18-13-4-6-22-10-13/h1-3,5,7-8,13,18H,4,6,9-10H2,(H,16,19)/t13-/m0/s1. The van der Waals surface area contributed by atoms with Crippen LogP contribution in [0.5, 0.6) is 0 Å². The van der Waals surface area contributed by atoms with Crippen LogP contribution in [0.4, 0.5) is 0 Å². The first-order chi connectivity index (χ1) is 11.5. The molecule has 1 amide bonds. The van der Waals surface area contributed by atoms with Crippen molar-refractivity contribution in [3.05, 3.63) is 47.9 Å². The van der Waals surface area contributed by atoms with Crippen molar-refractivity contribution in [1.29, 1.82) is 0 Å². The van der Waals surface area contributed by atoms with Gasteiger partial charge in [-0.2, -0.15) is 0 Å². The molecule has 0 radical (unpaired) electrons. The van der Waals surface area contributed by atoms with Gasteiger partial charge in [0.05, 0.1) is 18.0 Å². The first-order valence-electron chi connectivity index (χ1n) is 7.42. The van der Waals surface area contributed by atoms with Crippen molar-refractivity contribution in [2.45, 2.75) is 23.9 Å². The van der Waals surface area contributed by atoms with Crippen molar-refractivity contribution in [3.8, 4) is 0 Å². The van der Waals surface area contributed by atoms with E-state index in [1.165, 1.54) is 24.5 Å². The number of benzene rings is 1. The first-order valence-corrected chi connectivity index (χ1v) is 8.90. The molecule has 3 rings (SSSR count). The largest absolute Gasteiger partial charge is 0.380 e. The van der Waals surface area contributed by atoms with Crippen molar-refractivity contribution in [3.63, 3.8) is 0 Å². The number of nitrogens with zero attached hydrogens (tertiary/aromatic N) is 1. The molecule has 2 aromatic rings. The van der Waals surface area contributed by atoms with Crippen LogP contribution in [0, 0.1) is 0 Å². The van der Waals surface area contributed by atoms with E-state index in [4.69, 9.17) is 4.74 Å². The molecule has 2 N–H and O–H groups in total. The Labute approximate surface area is 139 Å². The molecule has 0 saturated carbocycles. The maximum Gasteiger partial charge on any atom is 0.251 e. The number of nitrogens with one attached hydrogen (secondary N) is 2. The third-order valence-corrected chi connectivity index (χ3v) is 5.10. The van der Waals surface area contributed by atoms with E-state index < -0.39 is 10.0 Å². The highest BCUT2D eigenvalue weighted by molar-refractivity contribution is 7.89. The lowest BCUT2D eigenvalue weighted by Crippen LogP contribution is -2.35. The zero-order chi connectivity index (χ0) is 17.0. The molecule has 128 valence electrons. The fourth-order valence-corrected chi connectivity index (χ4v) is 3.62. The Morgan fingerprint density at radius 3 is 2.92 bits per heavy atom. The predicted molar refractivity (Wildman–Crippen MR) is 83.7 cm³/mol. The molecule has 1 atom stereocenters. The maximum absolute atomic E-state index is 12.4. The molecule has 1 aromatic carbocycles. The molecule has 0 unspecified atom stereocenters. The molecule has 2 heterocycles. The highest BCUT2D eigenvalue weighted by Gasteiger charge is 2.24. The molecule has 0 bridgehead atoms. The summed E-state index contributed by atoms with van der Waals surface area (Å²) in [4.78, 5) is 12.2. The van der Waals surface area contributed by atoms with Gasteiger partial charge in [-0.3, -0.25) is 4.79 Å². The van der Waals surface area contributed by atoms with Crippen molar-refractivity contribution >= 4 is 15.9 Å². The summed E-state index contributed by atoms with van der Waals surface area (Å²) in [7, 11) is -3.70. The van der Waals surface area contributed by atoms with Gasteiger partial charge in [0.15, 0.2) is 0 Å². The molecular formula is C15H17N3O5S. The van der Waals surface area contributed by atoms with E-state index in [0.717, 1.165) is 0 Å². The zero-order valence-corrected chi connectivity index (χ0v) is 13.6. The summed E-state index contributed by atoms with van der Waals surface area (Å²) >= 11 is 0. The van der Waals surface area contributed by atoms with Gasteiger partial charge in [0, 0.05) is 24.3 Å². The number of carbonyl (C=O) groups excluding carboxylic acids is 1. The Morgan fingerprint density at radius 2 is 2.21 bits per heavy atom. The number of amides is 1. The number of ether oxygens (including phenoxy) is 1. The molecule has 1 fully saturated rings. The highest BCUT2D eigenvalue weighted by Crippen LogP contribution is 2.14. The number of sulfonamides is 1. The van der Waals surface area contributed by atoms with Gasteiger partial charge in [-0.1, -0.05) is 11.2 Å². The molecule has 0 spiro atoms. The number of carbonyl (C=O) groups is 1. The van der Waals surface area contributed by atoms with E-state index in [1.54, 1.807) is 12.1 Å². The minimum atomic E-state index is -3.70. The third-order valence-electron chi connectivity index (χ3n) is 3.58. The third kappa shape index (κ3) is 3.99. The van der Waals surface area contributed by atoms with E-state index >= 15 is 0 Å². The minimum Gasteiger partial charge on any atom is -0.380 e. The van der Waals surface area contributed by atoms with Gasteiger partial charge in [-0.25, -0.2) is 13.1 Å². The van der Waals surface area contributed by atoms with E-state index in [0.29, 0.717) is 25.3 Å². The summed E-state index contributed by atoms with van der Waals surface area (Å²) in [6.07, 6.45) is 2.05. The van der Waals surface area contributed by atoms with Crippen LogP contribution in [0.15, 0.2) is 46.0 Å². The van der Waals surface area contributed by atoms with Crippen molar-refractivity contribution < 1.29 is 22.5 Å². The van der Waals surface area contributed by atoms with Gasteiger partial charge < -0.3 is 14.6 Å². The summed E-state index contributed by atoms with van der Waals surface area (Å²) in [6.45, 7) is 1.10. The fraction of sp³-hybridized carbons (Fsp3) is 0.333. The molecule has 24 heavy (non-hydrogen) atoms. The lowest BCUT2D eigenvalue weighted by atomic mass is 10.2. The van der Waals surface area contributed by atoms with Crippen LogP contribution in [0.1, 0.15) is 22.5 Å². The average molecular weight is 351 g/mol. The van der Waals surface area contributed by atoms with Crippen LogP contribution in [0.25, 0.3) is 0 Å². The van der Waals surface area contributed by atoms with Crippen molar-refractivity contribution in [1.82, 2.24) is 15.2 Å². The quantitative estimate of drug-likeness (QED) is 0.791. The van der Waals surface area contributed by atoms with Gasteiger partial charge in [0.25, 0.3) is 5.91 Å². The van der Waals surface area contributed by atoms with E-state index in [1.807, 2.05) is 0 Å². The van der Waals surface area contributed by atoms with Gasteiger partial charge in [0.2, 0.25) is 10.0 Å². The molecule has 1 saturated heterocycles. The number of rotatable bonds is 6. The number of hydrogen-bond donors (Lipinski definition) is 2. The summed E-state index contributed by atoms with van der Waals surface area (Å²) in [6, 6.07) is 7.28. The minimum absolute atomic E-state index is 0.0449. The lowest BCUT2D eigenvalue weighted by Gasteiger charge is -2.12. The second-order valence-electron chi connectivity index (χ2n) is 5.38. The second kappa shape index (κ2) is 7.12. The van der Waals surface area contributed by atoms with Crippen LogP contribution < -0.4 is 10.0 Å². The Kier molecular flexibility index (Phi) is 4.93. The summed E-state index contributed by atoms with van der Waals surface area (Å²) in [5.74, 6) is -0.390. The summed E-state index contributed by atoms with van der Waals surface area (Å²) in [5, 5.41) is 6.35. The number of hydrogen-bond acceptors (Lipinski definition) is 6. The second-order valence-corrected chi connectivity index (χ2v) is 7.10. The fourth-order valence-electron chi connectivity index (χ4n) is 2.32. The zero-order valence-electron chi connectivity index (χ0n) is 12.8. The van der Waals surface area contributed by atoms with Crippen LogP contribution in [0.3, 0.4) is 0 Å². The van der Waals surface area contributed by atoms with Crippen LogP contribution in [0.2, 0.25) is 0 Å². The Bertz CT molecular complexity index is 798. The predicted octanol–water partition coefficient (Wildman–Crippen LogP) is 0.672. The highest BCUT2D eigenvalue weighted by atomic mass is 32.2. The van der Waals surface area contributed by atoms with Gasteiger partial charge >= 0.3 is 0 Å².